The average molecular weight is 305 g/mol. The van der Waals surface area contributed by atoms with E-state index in [1.54, 1.807) is 18.2 Å². The first kappa shape index (κ1) is 14.7. The van der Waals surface area contributed by atoms with Crippen LogP contribution < -0.4 is 5.32 Å². The SMILES string of the molecule is N#Cc1ccc(Cl)c(NCC2CCC3(CCCCC3)O2)c1. The van der Waals surface area contributed by atoms with Gasteiger partial charge >= 0.3 is 0 Å². The standard InChI is InChI=1S/C17H21ClN2O/c18-15-5-4-13(11-19)10-16(15)20-12-14-6-9-17(21-14)7-2-1-3-8-17/h4-5,10,14,20H,1-3,6-9,12H2. The first-order chi connectivity index (χ1) is 10.2. The summed E-state index contributed by atoms with van der Waals surface area (Å²) in [5, 5.41) is 12.9. The maximum absolute atomic E-state index is 8.95. The number of halogens is 1. The summed E-state index contributed by atoms with van der Waals surface area (Å²) >= 11 is 6.17. The molecule has 1 aliphatic carbocycles. The highest BCUT2D eigenvalue weighted by atomic mass is 35.5. The van der Waals surface area contributed by atoms with Gasteiger partial charge in [0, 0.05) is 6.54 Å². The van der Waals surface area contributed by atoms with Crippen LogP contribution in [0.2, 0.25) is 5.02 Å². The van der Waals surface area contributed by atoms with Gasteiger partial charge in [-0.3, -0.25) is 0 Å². The van der Waals surface area contributed by atoms with Crippen molar-refractivity contribution in [3.8, 4) is 6.07 Å². The molecule has 1 heterocycles. The van der Waals surface area contributed by atoms with Gasteiger partial charge in [0.25, 0.3) is 0 Å². The van der Waals surface area contributed by atoms with Crippen LogP contribution in [0, 0.1) is 11.3 Å². The third-order valence-corrected chi connectivity index (χ3v) is 5.05. The lowest BCUT2D eigenvalue weighted by molar-refractivity contribution is -0.0588. The Balaban J connectivity index is 1.58. The summed E-state index contributed by atoms with van der Waals surface area (Å²) in [5.74, 6) is 0. The van der Waals surface area contributed by atoms with Gasteiger partial charge < -0.3 is 10.1 Å². The largest absolute Gasteiger partial charge is 0.381 e. The molecule has 1 unspecified atom stereocenters. The summed E-state index contributed by atoms with van der Waals surface area (Å²) < 4.78 is 6.34. The van der Waals surface area contributed by atoms with E-state index >= 15 is 0 Å². The predicted molar refractivity (Wildman–Crippen MR) is 84.6 cm³/mol. The Kier molecular flexibility index (Phi) is 4.37. The lowest BCUT2D eigenvalue weighted by Crippen LogP contribution is -2.33. The lowest BCUT2D eigenvalue weighted by atomic mass is 9.83. The Morgan fingerprint density at radius 1 is 1.29 bits per heavy atom. The number of benzene rings is 1. The van der Waals surface area contributed by atoms with Gasteiger partial charge in [-0.05, 0) is 43.9 Å². The quantitative estimate of drug-likeness (QED) is 0.894. The molecule has 0 aromatic heterocycles. The summed E-state index contributed by atoms with van der Waals surface area (Å²) in [4.78, 5) is 0. The summed E-state index contributed by atoms with van der Waals surface area (Å²) in [6, 6.07) is 7.44. The second-order valence-corrected chi connectivity index (χ2v) is 6.62. The predicted octanol–water partition coefficient (Wildman–Crippen LogP) is 4.51. The molecule has 1 aromatic carbocycles. The van der Waals surface area contributed by atoms with Crippen molar-refractivity contribution >= 4 is 17.3 Å². The number of nitrogens with one attached hydrogen (secondary N) is 1. The lowest BCUT2D eigenvalue weighted by Gasteiger charge is -2.33. The van der Waals surface area contributed by atoms with Crippen molar-refractivity contribution in [2.45, 2.75) is 56.7 Å². The average Bonchev–Trinajstić information content (AvgIpc) is 2.90. The first-order valence-corrected chi connectivity index (χ1v) is 8.20. The second kappa shape index (κ2) is 6.25. The molecule has 112 valence electrons. The third-order valence-electron chi connectivity index (χ3n) is 4.72. The van der Waals surface area contributed by atoms with E-state index in [2.05, 4.69) is 11.4 Å². The van der Waals surface area contributed by atoms with Gasteiger partial charge in [-0.15, -0.1) is 0 Å². The molecule has 1 aliphatic heterocycles. The molecule has 0 bridgehead atoms. The van der Waals surface area contributed by atoms with Crippen molar-refractivity contribution in [2.75, 3.05) is 11.9 Å². The Morgan fingerprint density at radius 3 is 2.86 bits per heavy atom. The van der Waals surface area contributed by atoms with Gasteiger partial charge in [-0.2, -0.15) is 5.26 Å². The monoisotopic (exact) mass is 304 g/mol. The second-order valence-electron chi connectivity index (χ2n) is 6.21. The zero-order valence-electron chi connectivity index (χ0n) is 12.2. The van der Waals surface area contributed by atoms with E-state index in [9.17, 15) is 0 Å². The number of rotatable bonds is 3. The molecule has 3 nitrogen and oxygen atoms in total. The Bertz CT molecular complexity index is 546. The molecule has 4 heteroatoms. The normalized spacial score (nSPS) is 23.9. The minimum Gasteiger partial charge on any atom is -0.381 e. The summed E-state index contributed by atoms with van der Waals surface area (Å²) in [5.41, 5.74) is 1.60. The van der Waals surface area contributed by atoms with Crippen LogP contribution in [0.3, 0.4) is 0 Å². The van der Waals surface area contributed by atoms with Crippen molar-refractivity contribution < 1.29 is 4.74 Å². The molecule has 2 fully saturated rings. The molecular weight excluding hydrogens is 284 g/mol. The molecule has 1 saturated heterocycles. The van der Waals surface area contributed by atoms with Crippen LogP contribution in [0.4, 0.5) is 5.69 Å². The zero-order chi connectivity index (χ0) is 14.7. The molecule has 1 saturated carbocycles. The number of nitriles is 1. The van der Waals surface area contributed by atoms with Gasteiger partial charge in [0.2, 0.25) is 0 Å². The zero-order valence-corrected chi connectivity index (χ0v) is 13.0. The van der Waals surface area contributed by atoms with Crippen molar-refractivity contribution in [1.82, 2.24) is 0 Å². The highest BCUT2D eigenvalue weighted by molar-refractivity contribution is 6.33. The molecule has 0 amide bonds. The van der Waals surface area contributed by atoms with Crippen LogP contribution in [0.25, 0.3) is 0 Å². The number of hydrogen-bond acceptors (Lipinski definition) is 3. The molecule has 1 aromatic rings. The Labute approximate surface area is 131 Å². The molecule has 0 radical (unpaired) electrons. The highest BCUT2D eigenvalue weighted by Crippen LogP contribution is 2.42. The van der Waals surface area contributed by atoms with Crippen LogP contribution in [-0.2, 0) is 4.74 Å². The number of hydrogen-bond donors (Lipinski definition) is 1. The topological polar surface area (TPSA) is 45.0 Å². The highest BCUT2D eigenvalue weighted by Gasteiger charge is 2.40. The Hall–Kier alpha value is -1.24. The van der Waals surface area contributed by atoms with Gasteiger partial charge in [-0.1, -0.05) is 30.9 Å². The Morgan fingerprint density at radius 2 is 2.10 bits per heavy atom. The fourth-order valence-corrected chi connectivity index (χ4v) is 3.74. The first-order valence-electron chi connectivity index (χ1n) is 7.82. The van der Waals surface area contributed by atoms with E-state index in [-0.39, 0.29) is 11.7 Å². The third kappa shape index (κ3) is 3.33. The van der Waals surface area contributed by atoms with E-state index in [1.165, 1.54) is 38.5 Å². The molecular formula is C17H21ClN2O. The van der Waals surface area contributed by atoms with Crippen molar-refractivity contribution in [2.24, 2.45) is 0 Å². The van der Waals surface area contributed by atoms with E-state index in [1.807, 2.05) is 0 Å². The van der Waals surface area contributed by atoms with Crippen LogP contribution >= 0.6 is 11.6 Å². The fraction of sp³-hybridized carbons (Fsp3) is 0.588. The number of anilines is 1. The minimum absolute atomic E-state index is 0.156. The molecule has 1 spiro atoms. The van der Waals surface area contributed by atoms with Crippen LogP contribution in [0.1, 0.15) is 50.5 Å². The van der Waals surface area contributed by atoms with Crippen LogP contribution in [0.5, 0.6) is 0 Å². The van der Waals surface area contributed by atoms with Crippen LogP contribution in [-0.4, -0.2) is 18.2 Å². The molecule has 1 atom stereocenters. The van der Waals surface area contributed by atoms with Gasteiger partial charge in [-0.25, -0.2) is 0 Å². The molecule has 21 heavy (non-hydrogen) atoms. The van der Waals surface area contributed by atoms with Gasteiger partial charge in [0.05, 0.1) is 34.0 Å². The maximum atomic E-state index is 8.95. The number of nitrogens with zero attached hydrogens (tertiary/aromatic N) is 1. The fourth-order valence-electron chi connectivity index (χ4n) is 3.56. The van der Waals surface area contributed by atoms with Crippen molar-refractivity contribution in [3.05, 3.63) is 28.8 Å². The summed E-state index contributed by atoms with van der Waals surface area (Å²) in [6.45, 7) is 0.760. The van der Waals surface area contributed by atoms with Gasteiger partial charge in [0.1, 0.15) is 0 Å². The van der Waals surface area contributed by atoms with Crippen molar-refractivity contribution in [1.29, 1.82) is 5.26 Å². The molecule has 2 aliphatic rings. The van der Waals surface area contributed by atoms with E-state index in [4.69, 9.17) is 21.6 Å². The maximum Gasteiger partial charge on any atom is 0.0992 e. The minimum atomic E-state index is 0.156. The van der Waals surface area contributed by atoms with Gasteiger partial charge in [0.15, 0.2) is 0 Å². The van der Waals surface area contributed by atoms with Crippen LogP contribution in [0.15, 0.2) is 18.2 Å². The summed E-state index contributed by atoms with van der Waals surface area (Å²) in [6.07, 6.45) is 8.94. The van der Waals surface area contributed by atoms with E-state index in [0.29, 0.717) is 10.6 Å². The smallest absolute Gasteiger partial charge is 0.0992 e. The summed E-state index contributed by atoms with van der Waals surface area (Å²) in [7, 11) is 0. The molecule has 3 rings (SSSR count). The molecule has 1 N–H and O–H groups in total. The van der Waals surface area contributed by atoms with E-state index < -0.39 is 0 Å². The number of ether oxygens (including phenoxy) is 1. The van der Waals surface area contributed by atoms with Crippen molar-refractivity contribution in [3.63, 3.8) is 0 Å². The van der Waals surface area contributed by atoms with E-state index in [0.717, 1.165) is 18.7 Å².